The van der Waals surface area contributed by atoms with Crippen LogP contribution in [0.3, 0.4) is 0 Å². The molecule has 2 rings (SSSR count). The Labute approximate surface area is 134 Å². The smallest absolute Gasteiger partial charge is 0.221 e. The van der Waals surface area contributed by atoms with Crippen molar-refractivity contribution >= 4 is 34.5 Å². The van der Waals surface area contributed by atoms with E-state index in [1.807, 2.05) is 35.7 Å². The van der Waals surface area contributed by atoms with E-state index in [0.29, 0.717) is 6.04 Å². The summed E-state index contributed by atoms with van der Waals surface area (Å²) in [4.78, 5) is 12.3. The predicted octanol–water partition coefficient (Wildman–Crippen LogP) is 4.08. The Kier molecular flexibility index (Phi) is 5.79. The third kappa shape index (κ3) is 4.84. The summed E-state index contributed by atoms with van der Waals surface area (Å²) in [5.41, 5.74) is 2.04. The molecule has 0 saturated heterocycles. The second kappa shape index (κ2) is 7.59. The molecule has 1 aromatic carbocycles. The molecule has 0 aliphatic rings. The number of carbonyl (C=O) groups excluding carboxylic acids is 1. The van der Waals surface area contributed by atoms with Crippen molar-refractivity contribution in [1.29, 1.82) is 0 Å². The van der Waals surface area contributed by atoms with Crippen LogP contribution >= 0.6 is 22.9 Å². The van der Waals surface area contributed by atoms with Crippen LogP contribution in [0, 0.1) is 0 Å². The van der Waals surface area contributed by atoms with E-state index in [2.05, 4.69) is 17.6 Å². The lowest BCUT2D eigenvalue weighted by atomic mass is 10.1. The van der Waals surface area contributed by atoms with Gasteiger partial charge in [0.1, 0.15) is 0 Å². The lowest BCUT2D eigenvalue weighted by Crippen LogP contribution is -2.27. The lowest BCUT2D eigenvalue weighted by molar-refractivity contribution is -0.114. The van der Waals surface area contributed by atoms with Gasteiger partial charge in [0.05, 0.1) is 5.69 Å². The Morgan fingerprint density at radius 1 is 1.33 bits per heavy atom. The summed E-state index contributed by atoms with van der Waals surface area (Å²) < 4.78 is 0. The fourth-order valence-electron chi connectivity index (χ4n) is 2.11. The van der Waals surface area contributed by atoms with Crippen LogP contribution < -0.4 is 10.6 Å². The highest BCUT2D eigenvalue weighted by Gasteiger charge is 2.09. The van der Waals surface area contributed by atoms with Crippen LogP contribution in [0.5, 0.6) is 0 Å². The molecule has 1 aromatic heterocycles. The first-order valence-corrected chi connectivity index (χ1v) is 8.12. The number of nitrogens with one attached hydrogen (secondary N) is 2. The third-order valence-electron chi connectivity index (χ3n) is 3.15. The number of hydrogen-bond acceptors (Lipinski definition) is 3. The molecular formula is C16H19ClN2OS. The van der Waals surface area contributed by atoms with Crippen molar-refractivity contribution in [3.8, 4) is 0 Å². The second-order valence-electron chi connectivity index (χ2n) is 5.02. The van der Waals surface area contributed by atoms with Gasteiger partial charge in [0.15, 0.2) is 0 Å². The van der Waals surface area contributed by atoms with E-state index in [1.54, 1.807) is 11.3 Å². The molecule has 0 aliphatic heterocycles. The number of anilines is 1. The minimum absolute atomic E-state index is 0.0428. The number of amides is 1. The largest absolute Gasteiger partial charge is 0.325 e. The van der Waals surface area contributed by atoms with Gasteiger partial charge in [-0.1, -0.05) is 29.8 Å². The van der Waals surface area contributed by atoms with Crippen LogP contribution in [-0.4, -0.2) is 11.9 Å². The molecule has 2 N–H and O–H groups in total. The fraction of sp³-hybridized carbons (Fsp3) is 0.312. The van der Waals surface area contributed by atoms with E-state index in [9.17, 15) is 4.79 Å². The summed E-state index contributed by atoms with van der Waals surface area (Å²) in [5.74, 6) is -0.0428. The van der Waals surface area contributed by atoms with Gasteiger partial charge in [-0.05, 0) is 36.4 Å². The Hall–Kier alpha value is -1.36. The number of benzene rings is 1. The average molecular weight is 323 g/mol. The van der Waals surface area contributed by atoms with Crippen LogP contribution in [0.15, 0.2) is 35.7 Å². The van der Waals surface area contributed by atoms with Gasteiger partial charge in [-0.15, -0.1) is 11.3 Å². The van der Waals surface area contributed by atoms with Crippen LogP contribution in [0.25, 0.3) is 0 Å². The van der Waals surface area contributed by atoms with Crippen molar-refractivity contribution in [3.63, 3.8) is 0 Å². The van der Waals surface area contributed by atoms with E-state index in [1.165, 1.54) is 6.92 Å². The van der Waals surface area contributed by atoms with Crippen molar-refractivity contribution in [2.24, 2.45) is 0 Å². The summed E-state index contributed by atoms with van der Waals surface area (Å²) >= 11 is 7.82. The molecule has 5 heteroatoms. The van der Waals surface area contributed by atoms with Gasteiger partial charge in [0.2, 0.25) is 5.91 Å². The summed E-state index contributed by atoms with van der Waals surface area (Å²) in [5, 5.41) is 9.11. The highest BCUT2D eigenvalue weighted by molar-refractivity contribution is 7.10. The van der Waals surface area contributed by atoms with Gasteiger partial charge in [0.25, 0.3) is 0 Å². The molecule has 0 radical (unpaired) electrons. The zero-order valence-electron chi connectivity index (χ0n) is 12.2. The molecular weight excluding hydrogens is 304 g/mol. The third-order valence-corrected chi connectivity index (χ3v) is 4.44. The maximum Gasteiger partial charge on any atom is 0.221 e. The molecule has 3 nitrogen and oxygen atoms in total. The first-order valence-electron chi connectivity index (χ1n) is 6.87. The van der Waals surface area contributed by atoms with Crippen LogP contribution in [-0.2, 0) is 17.8 Å². The fourth-order valence-corrected chi connectivity index (χ4v) is 3.11. The van der Waals surface area contributed by atoms with E-state index in [4.69, 9.17) is 11.6 Å². The number of rotatable bonds is 6. The Morgan fingerprint density at radius 3 is 2.81 bits per heavy atom. The highest BCUT2D eigenvalue weighted by atomic mass is 35.5. The number of carbonyl (C=O) groups is 1. The van der Waals surface area contributed by atoms with Crippen molar-refractivity contribution in [1.82, 2.24) is 5.32 Å². The highest BCUT2D eigenvalue weighted by Crippen LogP contribution is 2.22. The van der Waals surface area contributed by atoms with E-state index < -0.39 is 0 Å². The van der Waals surface area contributed by atoms with Gasteiger partial charge < -0.3 is 10.6 Å². The first kappa shape index (κ1) is 16.0. The molecule has 112 valence electrons. The maximum atomic E-state index is 11.1. The second-order valence-corrected chi connectivity index (χ2v) is 6.42. The Balaban J connectivity index is 1.90. The van der Waals surface area contributed by atoms with Crippen molar-refractivity contribution in [2.75, 3.05) is 5.32 Å². The van der Waals surface area contributed by atoms with Gasteiger partial charge in [0, 0.05) is 29.4 Å². The zero-order chi connectivity index (χ0) is 15.2. The average Bonchev–Trinajstić information content (AvgIpc) is 2.85. The van der Waals surface area contributed by atoms with Gasteiger partial charge in [-0.2, -0.15) is 0 Å². The van der Waals surface area contributed by atoms with E-state index >= 15 is 0 Å². The quantitative estimate of drug-likeness (QED) is 0.841. The number of halogens is 1. The van der Waals surface area contributed by atoms with Crippen molar-refractivity contribution < 1.29 is 4.79 Å². The predicted molar refractivity (Wildman–Crippen MR) is 90.1 cm³/mol. The number of thiophene rings is 1. The van der Waals surface area contributed by atoms with Crippen molar-refractivity contribution in [3.05, 3.63) is 51.2 Å². The number of hydrogen-bond donors (Lipinski definition) is 2. The molecule has 0 spiro atoms. The summed E-state index contributed by atoms with van der Waals surface area (Å²) in [6.07, 6.45) is 0.876. The molecule has 0 saturated carbocycles. The standard InChI is InChI=1S/C16H19ClN2OS/c1-11(9-13-5-3-4-6-14(13)17)18-10-16-15(7-8-21-16)19-12(2)20/h3-8,11,18H,9-10H2,1-2H3,(H,19,20). The summed E-state index contributed by atoms with van der Waals surface area (Å²) in [6, 6.07) is 10.1. The molecule has 1 atom stereocenters. The SMILES string of the molecule is CC(=O)Nc1ccsc1CNC(C)Cc1ccccc1Cl. The summed E-state index contributed by atoms with van der Waals surface area (Å²) in [7, 11) is 0. The Morgan fingerprint density at radius 2 is 2.10 bits per heavy atom. The topological polar surface area (TPSA) is 41.1 Å². The molecule has 1 amide bonds. The molecule has 0 bridgehead atoms. The van der Waals surface area contributed by atoms with Crippen LogP contribution in [0.4, 0.5) is 5.69 Å². The molecule has 1 unspecified atom stereocenters. The molecule has 0 fully saturated rings. The monoisotopic (exact) mass is 322 g/mol. The molecule has 2 aromatic rings. The Bertz CT molecular complexity index is 612. The van der Waals surface area contributed by atoms with Gasteiger partial charge in [-0.3, -0.25) is 4.79 Å². The minimum Gasteiger partial charge on any atom is -0.325 e. The zero-order valence-corrected chi connectivity index (χ0v) is 13.7. The maximum absolute atomic E-state index is 11.1. The molecule has 1 heterocycles. The van der Waals surface area contributed by atoms with Gasteiger partial charge >= 0.3 is 0 Å². The van der Waals surface area contributed by atoms with E-state index in [-0.39, 0.29) is 5.91 Å². The molecule has 0 aliphatic carbocycles. The van der Waals surface area contributed by atoms with Crippen molar-refractivity contribution in [2.45, 2.75) is 32.9 Å². The van der Waals surface area contributed by atoms with Crippen LogP contribution in [0.2, 0.25) is 5.02 Å². The minimum atomic E-state index is -0.0428. The lowest BCUT2D eigenvalue weighted by Gasteiger charge is -2.15. The normalized spacial score (nSPS) is 12.1. The van der Waals surface area contributed by atoms with Gasteiger partial charge in [-0.25, -0.2) is 0 Å². The van der Waals surface area contributed by atoms with Crippen LogP contribution in [0.1, 0.15) is 24.3 Å². The summed E-state index contributed by atoms with van der Waals surface area (Å²) in [6.45, 7) is 4.39. The first-order chi connectivity index (χ1) is 10.1. The molecule has 21 heavy (non-hydrogen) atoms. The van der Waals surface area contributed by atoms with E-state index in [0.717, 1.165) is 34.1 Å².